The molecule has 0 saturated heterocycles. The zero-order valence-electron chi connectivity index (χ0n) is 29.4. The van der Waals surface area contributed by atoms with Gasteiger partial charge in [0, 0.05) is 16.3 Å². The van der Waals surface area contributed by atoms with Crippen molar-refractivity contribution in [1.82, 2.24) is 4.57 Å². The summed E-state index contributed by atoms with van der Waals surface area (Å²) in [6.07, 6.45) is 0. The molecule has 8 heteroatoms. The van der Waals surface area contributed by atoms with Crippen molar-refractivity contribution in [3.63, 3.8) is 0 Å². The van der Waals surface area contributed by atoms with E-state index >= 15 is 0 Å². The minimum atomic E-state index is -0.469. The Morgan fingerprint density at radius 3 is 1.52 bits per heavy atom. The lowest BCUT2D eigenvalue weighted by molar-refractivity contribution is 0.0926. The van der Waals surface area contributed by atoms with Crippen molar-refractivity contribution in [3.8, 4) is 63.3 Å². The molecule has 0 spiro atoms. The van der Waals surface area contributed by atoms with Gasteiger partial charge in [0.05, 0.1) is 80.1 Å². The topological polar surface area (TPSA) is 137 Å². The summed E-state index contributed by atoms with van der Waals surface area (Å²) in [6, 6.07) is 52.5. The van der Waals surface area contributed by atoms with Crippen LogP contribution in [-0.4, -0.2) is 16.4 Å². The molecule has 8 nitrogen and oxygen atoms in total. The van der Waals surface area contributed by atoms with Gasteiger partial charge >= 0.3 is 0 Å². The van der Waals surface area contributed by atoms with Crippen molar-refractivity contribution in [3.05, 3.63) is 179 Å². The molecule has 0 fully saturated rings. The van der Waals surface area contributed by atoms with Crippen molar-refractivity contribution < 1.29 is 9.59 Å². The number of hydrogen-bond donors (Lipinski definition) is 0. The maximum atomic E-state index is 14.8. The molecule has 0 aliphatic carbocycles. The highest BCUT2D eigenvalue weighted by Gasteiger charge is 2.40. The first-order valence-corrected chi connectivity index (χ1v) is 17.6. The molecule has 2 heterocycles. The number of aromatic nitrogens is 1. The lowest BCUT2D eigenvalue weighted by Crippen LogP contribution is -2.30. The largest absolute Gasteiger partial charge is 0.308 e. The average molecular weight is 717 g/mol. The molecule has 0 unspecified atom stereocenters. The van der Waals surface area contributed by atoms with Gasteiger partial charge in [0.15, 0.2) is 0 Å². The van der Waals surface area contributed by atoms with Crippen molar-refractivity contribution >= 4 is 39.3 Å². The summed E-state index contributed by atoms with van der Waals surface area (Å²) in [5.74, 6) is -0.908. The second-order valence-electron chi connectivity index (χ2n) is 13.3. The van der Waals surface area contributed by atoms with E-state index in [1.54, 1.807) is 60.7 Å². The van der Waals surface area contributed by atoms with Crippen molar-refractivity contribution in [2.24, 2.45) is 0 Å². The van der Waals surface area contributed by atoms with Crippen LogP contribution in [-0.2, 0) is 0 Å². The van der Waals surface area contributed by atoms with Gasteiger partial charge in [-0.1, -0.05) is 91.0 Å². The molecule has 0 saturated carbocycles. The van der Waals surface area contributed by atoms with Gasteiger partial charge in [0.25, 0.3) is 11.8 Å². The molecule has 7 aromatic carbocycles. The number of carbonyl (C=O) groups excluding carboxylic acids is 2. The molecular weight excluding hydrogens is 693 g/mol. The summed E-state index contributed by atoms with van der Waals surface area (Å²) in [5.41, 5.74) is 8.59. The first kappa shape index (κ1) is 33.3. The number of para-hydroxylation sites is 1. The first-order chi connectivity index (χ1) is 27.4. The van der Waals surface area contributed by atoms with Gasteiger partial charge in [-0.2, -0.15) is 21.0 Å². The van der Waals surface area contributed by atoms with E-state index in [2.05, 4.69) is 24.3 Å². The smallest absolute Gasteiger partial charge is 0.268 e. The third-order valence-corrected chi connectivity index (χ3v) is 10.3. The predicted octanol–water partition coefficient (Wildman–Crippen LogP) is 10.1. The summed E-state index contributed by atoms with van der Waals surface area (Å²) in [4.78, 5) is 30.4. The van der Waals surface area contributed by atoms with Gasteiger partial charge in [-0.05, 0) is 82.4 Å². The minimum Gasteiger partial charge on any atom is -0.308 e. The van der Waals surface area contributed by atoms with Crippen LogP contribution in [0, 0.1) is 45.3 Å². The number of fused-ring (bicyclic) bond motifs is 4. The van der Waals surface area contributed by atoms with Gasteiger partial charge in [-0.3, -0.25) is 9.59 Å². The van der Waals surface area contributed by atoms with Crippen LogP contribution in [0.5, 0.6) is 0 Å². The number of amides is 2. The van der Waals surface area contributed by atoms with Crippen LogP contribution in [0.25, 0.3) is 60.9 Å². The van der Waals surface area contributed by atoms with E-state index in [4.69, 9.17) is 0 Å². The summed E-state index contributed by atoms with van der Waals surface area (Å²) < 4.78 is 1.96. The van der Waals surface area contributed by atoms with Crippen LogP contribution in [0.3, 0.4) is 0 Å². The van der Waals surface area contributed by atoms with Crippen LogP contribution in [0.1, 0.15) is 43.0 Å². The Morgan fingerprint density at radius 1 is 0.411 bits per heavy atom. The second kappa shape index (κ2) is 13.1. The van der Waals surface area contributed by atoms with Crippen LogP contribution >= 0.6 is 0 Å². The number of carbonyl (C=O) groups is 2. The second-order valence-corrected chi connectivity index (χ2v) is 13.3. The molecule has 8 aromatic rings. The first-order valence-electron chi connectivity index (χ1n) is 17.6. The lowest BCUT2D eigenvalue weighted by Gasteiger charge is -2.19. The third kappa shape index (κ3) is 5.12. The van der Waals surface area contributed by atoms with Crippen LogP contribution in [0.15, 0.2) is 146 Å². The van der Waals surface area contributed by atoms with Crippen LogP contribution in [0.2, 0.25) is 0 Å². The summed E-state index contributed by atoms with van der Waals surface area (Å²) >= 11 is 0. The number of nitriles is 4. The highest BCUT2D eigenvalue weighted by Crippen LogP contribution is 2.42. The fourth-order valence-electron chi connectivity index (χ4n) is 7.73. The molecule has 1 aliphatic rings. The quantitative estimate of drug-likeness (QED) is 0.163. The van der Waals surface area contributed by atoms with E-state index in [1.165, 1.54) is 4.90 Å². The highest BCUT2D eigenvalue weighted by molar-refractivity contribution is 6.36. The van der Waals surface area contributed by atoms with Gasteiger partial charge < -0.3 is 4.57 Å². The van der Waals surface area contributed by atoms with E-state index in [9.17, 15) is 30.6 Å². The summed E-state index contributed by atoms with van der Waals surface area (Å²) in [6.45, 7) is 0. The Bertz CT molecular complexity index is 3050. The molecule has 2 amide bonds. The molecule has 56 heavy (non-hydrogen) atoms. The number of rotatable bonds is 5. The average Bonchev–Trinajstić information content (AvgIpc) is 3.72. The Balaban J connectivity index is 1.31. The zero-order chi connectivity index (χ0) is 38.5. The van der Waals surface area contributed by atoms with Gasteiger partial charge in [-0.25, -0.2) is 4.90 Å². The number of benzene rings is 7. The van der Waals surface area contributed by atoms with Gasteiger partial charge in [0.1, 0.15) is 0 Å². The van der Waals surface area contributed by atoms with E-state index in [0.717, 1.165) is 33.0 Å². The van der Waals surface area contributed by atoms with Crippen molar-refractivity contribution in [2.75, 3.05) is 4.90 Å². The Labute approximate surface area is 320 Å². The maximum absolute atomic E-state index is 14.8. The lowest BCUT2D eigenvalue weighted by atomic mass is 9.96. The Hall–Kier alpha value is -8.56. The van der Waals surface area contributed by atoms with Crippen molar-refractivity contribution in [1.29, 1.82) is 21.0 Å². The Kier molecular flexibility index (Phi) is 7.81. The molecular formula is C48H24N6O2. The van der Waals surface area contributed by atoms with Crippen LogP contribution < -0.4 is 4.90 Å². The fourth-order valence-corrected chi connectivity index (χ4v) is 7.73. The molecule has 0 radical (unpaired) electrons. The minimum absolute atomic E-state index is 0.238. The SMILES string of the molecule is N#Cc1ccc(-c2ccc3c4ccc(-c5ccc(C#N)cc5C#N)cc4n(-c4cccc5c4C(=O)N(c4ccccc4-c4ccccc4)C5=O)c3c2)c(C#N)c1. The highest BCUT2D eigenvalue weighted by atomic mass is 16.2. The summed E-state index contributed by atoms with van der Waals surface area (Å²) in [7, 11) is 0. The fraction of sp³-hybridized carbons (Fsp3) is 0. The standard InChI is InChI=1S/C48H24N6O2/c49-25-29-13-17-36(34(21-29)27-51)32-15-19-39-40-20-16-33(37-18-14-30(26-50)22-35(37)28-52)24-45(40)53(44(39)23-32)43-12-6-10-41-46(43)48(56)54(47(41)55)42-11-5-4-9-38(42)31-7-2-1-3-8-31/h1-24H. The normalized spacial score (nSPS) is 11.9. The van der Waals surface area contributed by atoms with E-state index in [-0.39, 0.29) is 11.1 Å². The molecule has 0 atom stereocenters. The Morgan fingerprint density at radius 2 is 0.946 bits per heavy atom. The number of nitrogens with zero attached hydrogens (tertiary/aromatic N) is 6. The van der Waals surface area contributed by atoms with E-state index in [1.807, 2.05) is 89.5 Å². The molecule has 258 valence electrons. The monoisotopic (exact) mass is 716 g/mol. The molecule has 1 aliphatic heterocycles. The number of imide groups is 1. The molecule has 0 bridgehead atoms. The van der Waals surface area contributed by atoms with E-state index < -0.39 is 11.8 Å². The number of anilines is 1. The van der Waals surface area contributed by atoms with Crippen LogP contribution in [0.4, 0.5) is 5.69 Å². The third-order valence-electron chi connectivity index (χ3n) is 10.3. The molecule has 9 rings (SSSR count). The number of hydrogen-bond acceptors (Lipinski definition) is 6. The zero-order valence-corrected chi connectivity index (χ0v) is 29.4. The molecule has 0 N–H and O–H groups in total. The molecule has 1 aromatic heterocycles. The van der Waals surface area contributed by atoms with Crippen molar-refractivity contribution in [2.45, 2.75) is 0 Å². The predicted molar refractivity (Wildman–Crippen MR) is 214 cm³/mol. The summed E-state index contributed by atoms with van der Waals surface area (Å²) in [5, 5.41) is 40.8. The maximum Gasteiger partial charge on any atom is 0.268 e. The van der Waals surface area contributed by atoms with Gasteiger partial charge in [0.2, 0.25) is 0 Å². The van der Waals surface area contributed by atoms with E-state index in [0.29, 0.717) is 55.8 Å². The van der Waals surface area contributed by atoms with Gasteiger partial charge in [-0.15, -0.1) is 0 Å².